The molecule has 162 valence electrons. The van der Waals surface area contributed by atoms with Gasteiger partial charge in [0.2, 0.25) is 0 Å². The number of carbonyl (C=O) groups is 2. The number of rotatable bonds is 6. The van der Waals surface area contributed by atoms with Crippen molar-refractivity contribution in [1.82, 2.24) is 4.90 Å². The second-order valence-corrected chi connectivity index (χ2v) is 7.59. The summed E-state index contributed by atoms with van der Waals surface area (Å²) in [5.74, 6) is -0.257. The summed E-state index contributed by atoms with van der Waals surface area (Å²) in [6.45, 7) is 0.939. The molecule has 7 nitrogen and oxygen atoms in total. The molecule has 0 spiro atoms. The van der Waals surface area contributed by atoms with Crippen molar-refractivity contribution in [2.24, 2.45) is 0 Å². The number of aliphatic hydroxyl groups excluding tert-OH is 1. The molecule has 0 aromatic heterocycles. The molecule has 2 aromatic carbocycles. The molecule has 2 atom stereocenters. The number of ketones is 1. The number of amides is 1. The summed E-state index contributed by atoms with van der Waals surface area (Å²) in [6, 6.07) is 13.2. The van der Waals surface area contributed by atoms with Crippen LogP contribution in [0.4, 0.5) is 0 Å². The van der Waals surface area contributed by atoms with E-state index in [1.54, 1.807) is 62.8 Å². The van der Waals surface area contributed by atoms with E-state index in [0.29, 0.717) is 35.8 Å². The van der Waals surface area contributed by atoms with Crippen LogP contribution < -0.4 is 9.47 Å². The van der Waals surface area contributed by atoms with E-state index in [1.165, 1.54) is 4.90 Å². The zero-order chi connectivity index (χ0) is 22.0. The Morgan fingerprint density at radius 3 is 2.19 bits per heavy atom. The molecule has 0 bridgehead atoms. The van der Waals surface area contributed by atoms with E-state index in [4.69, 9.17) is 14.2 Å². The third-order valence-corrected chi connectivity index (χ3v) is 5.76. The Kier molecular flexibility index (Phi) is 5.95. The Bertz CT molecular complexity index is 990. The number of Topliss-reactive ketones (excluding diaryl/α,β-unsaturated/α-hetero) is 1. The number of carbonyl (C=O) groups excluding carboxylic acids is 2. The van der Waals surface area contributed by atoms with Crippen LogP contribution in [-0.4, -0.2) is 55.2 Å². The second kappa shape index (κ2) is 8.81. The Morgan fingerprint density at radius 1 is 1.03 bits per heavy atom. The molecule has 2 aromatic rings. The van der Waals surface area contributed by atoms with Crippen LogP contribution in [0.15, 0.2) is 54.1 Å². The number of aliphatic hydroxyl groups is 1. The normalized spacial score (nSPS) is 22.7. The van der Waals surface area contributed by atoms with Crippen LogP contribution in [0.3, 0.4) is 0 Å². The maximum Gasteiger partial charge on any atom is 0.295 e. The fourth-order valence-electron chi connectivity index (χ4n) is 4.11. The van der Waals surface area contributed by atoms with Gasteiger partial charge in [-0.15, -0.1) is 0 Å². The average molecular weight is 423 g/mol. The predicted octanol–water partition coefficient (Wildman–Crippen LogP) is 3.30. The van der Waals surface area contributed by atoms with Crippen molar-refractivity contribution in [2.75, 3.05) is 27.4 Å². The largest absolute Gasteiger partial charge is 0.507 e. The van der Waals surface area contributed by atoms with Gasteiger partial charge in [-0.2, -0.15) is 0 Å². The van der Waals surface area contributed by atoms with Gasteiger partial charge >= 0.3 is 0 Å². The molecule has 0 radical (unpaired) electrons. The van der Waals surface area contributed by atoms with Crippen molar-refractivity contribution >= 4 is 17.4 Å². The zero-order valence-corrected chi connectivity index (χ0v) is 17.5. The third kappa shape index (κ3) is 4.01. The Balaban J connectivity index is 1.79. The monoisotopic (exact) mass is 423 g/mol. The number of nitrogens with zero attached hydrogens (tertiary/aromatic N) is 1. The second-order valence-electron chi connectivity index (χ2n) is 7.59. The van der Waals surface area contributed by atoms with Crippen LogP contribution >= 0.6 is 0 Å². The molecule has 2 fully saturated rings. The van der Waals surface area contributed by atoms with Gasteiger partial charge in [-0.3, -0.25) is 9.59 Å². The van der Waals surface area contributed by atoms with Crippen molar-refractivity contribution in [2.45, 2.75) is 25.0 Å². The lowest BCUT2D eigenvalue weighted by molar-refractivity contribution is -0.140. The van der Waals surface area contributed by atoms with Crippen molar-refractivity contribution < 1.29 is 28.9 Å². The number of benzene rings is 2. The molecule has 31 heavy (non-hydrogen) atoms. The maximum atomic E-state index is 13.0. The molecular weight excluding hydrogens is 398 g/mol. The molecule has 2 aliphatic rings. The van der Waals surface area contributed by atoms with Gasteiger partial charge in [0.1, 0.15) is 17.3 Å². The molecule has 0 aliphatic carbocycles. The highest BCUT2D eigenvalue weighted by Crippen LogP contribution is 2.40. The lowest BCUT2D eigenvalue weighted by atomic mass is 9.95. The molecule has 2 saturated heterocycles. The number of likely N-dealkylation sites (tertiary alicyclic amines) is 1. The molecule has 4 rings (SSSR count). The summed E-state index contributed by atoms with van der Waals surface area (Å²) < 4.78 is 16.1. The summed E-state index contributed by atoms with van der Waals surface area (Å²) >= 11 is 0. The van der Waals surface area contributed by atoms with Crippen LogP contribution in [0.2, 0.25) is 0 Å². The van der Waals surface area contributed by atoms with Gasteiger partial charge in [0.25, 0.3) is 11.7 Å². The topological polar surface area (TPSA) is 85.3 Å². The van der Waals surface area contributed by atoms with Gasteiger partial charge in [0.05, 0.1) is 31.9 Å². The van der Waals surface area contributed by atoms with E-state index in [9.17, 15) is 14.7 Å². The van der Waals surface area contributed by atoms with Gasteiger partial charge in [-0.1, -0.05) is 12.1 Å². The first-order chi connectivity index (χ1) is 15.0. The first-order valence-corrected chi connectivity index (χ1v) is 10.2. The third-order valence-electron chi connectivity index (χ3n) is 5.76. The van der Waals surface area contributed by atoms with Crippen LogP contribution in [0.1, 0.15) is 30.0 Å². The Morgan fingerprint density at radius 2 is 1.65 bits per heavy atom. The average Bonchev–Trinajstić information content (AvgIpc) is 3.41. The van der Waals surface area contributed by atoms with E-state index in [1.807, 2.05) is 0 Å². The summed E-state index contributed by atoms with van der Waals surface area (Å²) in [5.41, 5.74) is 1.22. The molecule has 0 unspecified atom stereocenters. The van der Waals surface area contributed by atoms with Crippen molar-refractivity contribution in [3.8, 4) is 11.5 Å². The lowest BCUT2D eigenvalue weighted by Gasteiger charge is -2.27. The standard InChI is InChI=1S/C24H25NO6/c1-29-17-9-5-15(6-10-17)21-20(22(26)16-7-11-18(30-2)12-8-16)23(27)24(28)25(21)14-19-4-3-13-31-19/h5-12,19,21,26H,3-4,13-14H2,1-2H3/b22-20+/t19-,21-/m0/s1. The molecule has 2 aliphatic heterocycles. The Hall–Kier alpha value is -3.32. The van der Waals surface area contributed by atoms with E-state index in [2.05, 4.69) is 0 Å². The molecular formula is C24H25NO6. The number of ether oxygens (including phenoxy) is 3. The molecule has 7 heteroatoms. The highest BCUT2D eigenvalue weighted by molar-refractivity contribution is 6.46. The minimum atomic E-state index is -0.711. The fraction of sp³-hybridized carbons (Fsp3) is 0.333. The van der Waals surface area contributed by atoms with E-state index in [0.717, 1.165) is 12.8 Å². The molecule has 1 N–H and O–H groups in total. The van der Waals surface area contributed by atoms with Crippen molar-refractivity contribution in [3.63, 3.8) is 0 Å². The maximum absolute atomic E-state index is 13.0. The van der Waals surface area contributed by atoms with Gasteiger partial charge in [-0.25, -0.2) is 0 Å². The van der Waals surface area contributed by atoms with Crippen molar-refractivity contribution in [3.05, 3.63) is 65.2 Å². The first-order valence-electron chi connectivity index (χ1n) is 10.2. The summed E-state index contributed by atoms with van der Waals surface area (Å²) in [6.07, 6.45) is 1.63. The number of hydrogen-bond donors (Lipinski definition) is 1. The van der Waals surface area contributed by atoms with E-state index in [-0.39, 0.29) is 17.4 Å². The van der Waals surface area contributed by atoms with Crippen molar-refractivity contribution in [1.29, 1.82) is 0 Å². The lowest BCUT2D eigenvalue weighted by Crippen LogP contribution is -2.36. The molecule has 0 saturated carbocycles. The molecule has 1 amide bonds. The predicted molar refractivity (Wildman–Crippen MR) is 114 cm³/mol. The SMILES string of the molecule is COc1ccc(/C(O)=C2\C(=O)C(=O)N(C[C@@H]3CCCO3)[C@H]2c2ccc(OC)cc2)cc1. The first kappa shape index (κ1) is 20.9. The van der Waals surface area contributed by atoms with Crippen LogP contribution in [0.5, 0.6) is 11.5 Å². The van der Waals surface area contributed by atoms with E-state index >= 15 is 0 Å². The highest BCUT2D eigenvalue weighted by Gasteiger charge is 2.47. The quantitative estimate of drug-likeness (QED) is 0.436. The minimum Gasteiger partial charge on any atom is -0.507 e. The Labute approximate surface area is 180 Å². The van der Waals surface area contributed by atoms with E-state index < -0.39 is 17.7 Å². The number of methoxy groups -OCH3 is 2. The van der Waals surface area contributed by atoms with Crippen LogP contribution in [0.25, 0.3) is 5.76 Å². The van der Waals surface area contributed by atoms with Gasteiger partial charge < -0.3 is 24.2 Å². The van der Waals surface area contributed by atoms with Gasteiger partial charge in [0, 0.05) is 18.7 Å². The summed E-state index contributed by atoms with van der Waals surface area (Å²) in [7, 11) is 3.12. The van der Waals surface area contributed by atoms with Gasteiger partial charge in [-0.05, 0) is 54.8 Å². The highest BCUT2D eigenvalue weighted by atomic mass is 16.5. The zero-order valence-electron chi connectivity index (χ0n) is 17.5. The molecule has 2 heterocycles. The fourth-order valence-corrected chi connectivity index (χ4v) is 4.11. The van der Waals surface area contributed by atoms with Crippen LogP contribution in [-0.2, 0) is 14.3 Å². The smallest absolute Gasteiger partial charge is 0.295 e. The minimum absolute atomic E-state index is 0.0679. The van der Waals surface area contributed by atoms with Crippen LogP contribution in [0, 0.1) is 0 Å². The summed E-state index contributed by atoms with van der Waals surface area (Å²) in [4.78, 5) is 27.5. The summed E-state index contributed by atoms with van der Waals surface area (Å²) in [5, 5.41) is 11.1. The number of hydrogen-bond acceptors (Lipinski definition) is 6. The van der Waals surface area contributed by atoms with Gasteiger partial charge in [0.15, 0.2) is 0 Å².